The highest BCUT2D eigenvalue weighted by atomic mass is 32.2. The van der Waals surface area contributed by atoms with Crippen LogP contribution >= 0.6 is 0 Å². The second-order valence-corrected chi connectivity index (χ2v) is 6.49. The first-order chi connectivity index (χ1) is 9.97. The Kier molecular flexibility index (Phi) is 7.66. The van der Waals surface area contributed by atoms with Crippen LogP contribution in [0.4, 0.5) is 5.69 Å². The van der Waals surface area contributed by atoms with Gasteiger partial charge in [0.2, 0.25) is 10.0 Å². The third kappa shape index (κ3) is 6.43. The van der Waals surface area contributed by atoms with Gasteiger partial charge in [0, 0.05) is 20.3 Å². The zero-order chi connectivity index (χ0) is 15.7. The van der Waals surface area contributed by atoms with E-state index in [4.69, 9.17) is 15.2 Å². The molecule has 0 unspecified atom stereocenters. The van der Waals surface area contributed by atoms with Gasteiger partial charge in [-0.05, 0) is 37.5 Å². The molecule has 0 aliphatic rings. The van der Waals surface area contributed by atoms with Crippen molar-refractivity contribution in [2.24, 2.45) is 0 Å². The normalized spacial score (nSPS) is 11.7. The van der Waals surface area contributed by atoms with E-state index in [1.54, 1.807) is 19.2 Å². The van der Waals surface area contributed by atoms with E-state index >= 15 is 0 Å². The van der Waals surface area contributed by atoms with E-state index in [1.807, 2.05) is 6.92 Å². The lowest BCUT2D eigenvalue weighted by Crippen LogP contribution is -2.25. The van der Waals surface area contributed by atoms with Gasteiger partial charge in [0.1, 0.15) is 4.90 Å². The molecule has 7 heteroatoms. The molecule has 0 aromatic heterocycles. The molecule has 0 radical (unpaired) electrons. The smallest absolute Gasteiger partial charge is 0.242 e. The number of methoxy groups -OCH3 is 1. The van der Waals surface area contributed by atoms with Crippen LogP contribution in [-0.2, 0) is 19.5 Å². The molecule has 0 atom stereocenters. The molecular weight excluding hydrogens is 292 g/mol. The first-order valence-electron chi connectivity index (χ1n) is 6.90. The first-order valence-corrected chi connectivity index (χ1v) is 8.38. The maximum atomic E-state index is 12.1. The lowest BCUT2D eigenvalue weighted by Gasteiger charge is -2.09. The second kappa shape index (κ2) is 8.99. The molecule has 0 heterocycles. The Morgan fingerprint density at radius 2 is 1.95 bits per heavy atom. The van der Waals surface area contributed by atoms with E-state index < -0.39 is 10.0 Å². The number of aryl methyl sites for hydroxylation is 1. The van der Waals surface area contributed by atoms with Crippen molar-refractivity contribution in [1.82, 2.24) is 4.72 Å². The zero-order valence-corrected chi connectivity index (χ0v) is 13.4. The standard InChI is InChI=1S/C14H24N2O4S/c1-12-5-6-14(13(15)11-12)21(17,18)16-7-3-4-8-20-10-9-19-2/h5-6,11,16H,3-4,7-10,15H2,1-2H3. The van der Waals surface area contributed by atoms with E-state index in [0.717, 1.165) is 12.0 Å². The topological polar surface area (TPSA) is 90.6 Å². The summed E-state index contributed by atoms with van der Waals surface area (Å²) in [5.41, 5.74) is 6.95. The molecule has 3 N–H and O–H groups in total. The molecule has 0 saturated heterocycles. The number of hydrogen-bond acceptors (Lipinski definition) is 5. The summed E-state index contributed by atoms with van der Waals surface area (Å²) in [4.78, 5) is 0.129. The minimum absolute atomic E-state index is 0.129. The average molecular weight is 316 g/mol. The number of anilines is 1. The van der Waals surface area contributed by atoms with Crippen molar-refractivity contribution in [1.29, 1.82) is 0 Å². The van der Waals surface area contributed by atoms with Crippen molar-refractivity contribution < 1.29 is 17.9 Å². The molecule has 1 aromatic rings. The Balaban J connectivity index is 2.33. The summed E-state index contributed by atoms with van der Waals surface area (Å²) in [6, 6.07) is 4.91. The Morgan fingerprint density at radius 3 is 2.62 bits per heavy atom. The van der Waals surface area contributed by atoms with E-state index in [9.17, 15) is 8.42 Å². The van der Waals surface area contributed by atoms with Crippen molar-refractivity contribution in [2.45, 2.75) is 24.7 Å². The summed E-state index contributed by atoms with van der Waals surface area (Å²) in [7, 11) is -1.92. The van der Waals surface area contributed by atoms with Gasteiger partial charge in [0.05, 0.1) is 18.9 Å². The maximum absolute atomic E-state index is 12.1. The lowest BCUT2D eigenvalue weighted by atomic mass is 10.2. The summed E-state index contributed by atoms with van der Waals surface area (Å²) in [5.74, 6) is 0. The van der Waals surface area contributed by atoms with E-state index in [2.05, 4.69) is 4.72 Å². The molecule has 6 nitrogen and oxygen atoms in total. The quantitative estimate of drug-likeness (QED) is 0.501. The van der Waals surface area contributed by atoms with Crippen LogP contribution in [0.25, 0.3) is 0 Å². The lowest BCUT2D eigenvalue weighted by molar-refractivity contribution is 0.0689. The predicted molar refractivity (Wildman–Crippen MR) is 82.7 cm³/mol. The Morgan fingerprint density at radius 1 is 1.19 bits per heavy atom. The molecule has 21 heavy (non-hydrogen) atoms. The number of rotatable bonds is 10. The number of nitrogens with one attached hydrogen (secondary N) is 1. The Bertz CT molecular complexity index is 532. The van der Waals surface area contributed by atoms with Gasteiger partial charge in [-0.1, -0.05) is 6.07 Å². The van der Waals surface area contributed by atoms with Crippen LogP contribution in [0.1, 0.15) is 18.4 Å². The van der Waals surface area contributed by atoms with Crippen molar-refractivity contribution in [3.63, 3.8) is 0 Å². The highest BCUT2D eigenvalue weighted by molar-refractivity contribution is 7.89. The third-order valence-corrected chi connectivity index (χ3v) is 4.43. The summed E-state index contributed by atoms with van der Waals surface area (Å²) in [5, 5.41) is 0. The fourth-order valence-electron chi connectivity index (χ4n) is 1.77. The third-order valence-electron chi connectivity index (χ3n) is 2.89. The summed E-state index contributed by atoms with van der Waals surface area (Å²) in [6.07, 6.45) is 1.49. The number of nitrogens with two attached hydrogens (primary N) is 1. The summed E-state index contributed by atoms with van der Waals surface area (Å²) >= 11 is 0. The van der Waals surface area contributed by atoms with Crippen molar-refractivity contribution in [3.05, 3.63) is 23.8 Å². The summed E-state index contributed by atoms with van der Waals surface area (Å²) < 4.78 is 36.9. The number of benzene rings is 1. The number of ether oxygens (including phenoxy) is 2. The van der Waals surface area contributed by atoms with Crippen LogP contribution in [0.3, 0.4) is 0 Å². The van der Waals surface area contributed by atoms with Crippen LogP contribution in [0, 0.1) is 6.92 Å². The Hall–Kier alpha value is -1.15. The van der Waals surface area contributed by atoms with Crippen LogP contribution in [0.5, 0.6) is 0 Å². The van der Waals surface area contributed by atoms with Gasteiger partial charge in [0.15, 0.2) is 0 Å². The predicted octanol–water partition coefficient (Wildman–Crippen LogP) is 1.30. The number of unbranched alkanes of at least 4 members (excludes halogenated alkanes) is 1. The Labute approximate surface area is 126 Å². The second-order valence-electron chi connectivity index (χ2n) is 4.75. The highest BCUT2D eigenvalue weighted by Gasteiger charge is 2.16. The molecule has 0 saturated carbocycles. The minimum Gasteiger partial charge on any atom is -0.398 e. The zero-order valence-electron chi connectivity index (χ0n) is 12.6. The molecule has 1 aromatic carbocycles. The highest BCUT2D eigenvalue weighted by Crippen LogP contribution is 2.19. The molecule has 0 spiro atoms. The molecule has 0 amide bonds. The van der Waals surface area contributed by atoms with E-state index in [-0.39, 0.29) is 10.6 Å². The largest absolute Gasteiger partial charge is 0.398 e. The van der Waals surface area contributed by atoms with Gasteiger partial charge >= 0.3 is 0 Å². The van der Waals surface area contributed by atoms with Gasteiger partial charge in [-0.15, -0.1) is 0 Å². The SMILES string of the molecule is COCCOCCCCNS(=O)(=O)c1ccc(C)cc1N. The van der Waals surface area contributed by atoms with Crippen LogP contribution in [0.2, 0.25) is 0 Å². The van der Waals surface area contributed by atoms with Gasteiger partial charge in [-0.25, -0.2) is 13.1 Å². The molecule has 0 aliphatic heterocycles. The van der Waals surface area contributed by atoms with E-state index in [0.29, 0.717) is 32.8 Å². The molecular formula is C14H24N2O4S. The molecule has 1 rings (SSSR count). The fraction of sp³-hybridized carbons (Fsp3) is 0.571. The fourth-order valence-corrected chi connectivity index (χ4v) is 2.96. The van der Waals surface area contributed by atoms with Gasteiger partial charge < -0.3 is 15.2 Å². The molecule has 0 aliphatic carbocycles. The minimum atomic E-state index is -3.54. The number of hydrogen-bond donors (Lipinski definition) is 2. The van der Waals surface area contributed by atoms with Crippen molar-refractivity contribution in [2.75, 3.05) is 39.2 Å². The molecule has 0 fully saturated rings. The number of sulfonamides is 1. The average Bonchev–Trinajstić information content (AvgIpc) is 2.41. The van der Waals surface area contributed by atoms with Crippen LogP contribution < -0.4 is 10.5 Å². The van der Waals surface area contributed by atoms with Crippen LogP contribution in [0.15, 0.2) is 23.1 Å². The maximum Gasteiger partial charge on any atom is 0.242 e. The number of nitrogen functional groups attached to an aromatic ring is 1. The van der Waals surface area contributed by atoms with Gasteiger partial charge in [-0.3, -0.25) is 0 Å². The first kappa shape index (κ1) is 17.9. The van der Waals surface area contributed by atoms with Gasteiger partial charge in [0.25, 0.3) is 0 Å². The molecule has 120 valence electrons. The monoisotopic (exact) mass is 316 g/mol. The summed E-state index contributed by atoms with van der Waals surface area (Å²) in [6.45, 7) is 3.95. The van der Waals surface area contributed by atoms with E-state index in [1.165, 1.54) is 6.07 Å². The molecule has 0 bridgehead atoms. The van der Waals surface area contributed by atoms with Crippen molar-refractivity contribution in [3.8, 4) is 0 Å². The van der Waals surface area contributed by atoms with Crippen LogP contribution in [-0.4, -0.2) is 41.9 Å². The van der Waals surface area contributed by atoms with Gasteiger partial charge in [-0.2, -0.15) is 0 Å². The van der Waals surface area contributed by atoms with Crippen molar-refractivity contribution >= 4 is 15.7 Å².